The van der Waals surface area contributed by atoms with E-state index in [1.807, 2.05) is 67.6 Å². The molecule has 0 spiro atoms. The monoisotopic (exact) mass is 510 g/mol. The molecule has 0 saturated heterocycles. The van der Waals surface area contributed by atoms with Gasteiger partial charge in [0.05, 0.1) is 6.04 Å². The molecule has 0 bridgehead atoms. The molecule has 1 unspecified atom stereocenters. The van der Waals surface area contributed by atoms with Crippen LogP contribution in [0, 0.1) is 0 Å². The maximum atomic E-state index is 13.5. The molecule has 0 aliphatic rings. The summed E-state index contributed by atoms with van der Waals surface area (Å²) < 4.78 is 0. The summed E-state index contributed by atoms with van der Waals surface area (Å²) in [5.41, 5.74) is 16.9. The second-order valence-corrected chi connectivity index (χ2v) is 9.64. The summed E-state index contributed by atoms with van der Waals surface area (Å²) in [7, 11) is 0. The van der Waals surface area contributed by atoms with Crippen molar-refractivity contribution in [3.63, 3.8) is 0 Å². The Kier molecular flexibility index (Phi) is 10.3. The van der Waals surface area contributed by atoms with Crippen LogP contribution >= 0.6 is 0 Å². The summed E-state index contributed by atoms with van der Waals surface area (Å²) in [5.74, 6) is -0.685. The van der Waals surface area contributed by atoms with Crippen LogP contribution in [0.2, 0.25) is 0 Å². The predicted molar refractivity (Wildman–Crippen MR) is 155 cm³/mol. The highest BCUT2D eigenvalue weighted by molar-refractivity contribution is 5.88. The number of nitrogens with two attached hydrogens (primary N) is 2. The molecule has 3 aromatic carbocycles. The Hall–Kier alpha value is -4.32. The van der Waals surface area contributed by atoms with Crippen LogP contribution in [-0.2, 0) is 16.0 Å². The molecule has 0 aliphatic carbocycles. The molecule has 0 radical (unpaired) electrons. The van der Waals surface area contributed by atoms with Gasteiger partial charge in [0, 0.05) is 23.7 Å². The minimum Gasteiger partial charge on any atom is -0.403 e. The van der Waals surface area contributed by atoms with Gasteiger partial charge in [-0.15, -0.1) is 0 Å². The Labute approximate surface area is 225 Å². The van der Waals surface area contributed by atoms with Crippen LogP contribution in [0.15, 0.2) is 109 Å². The molecular weight excluding hydrogens is 472 g/mol. The molecule has 2 amide bonds. The Morgan fingerprint density at radius 2 is 1.37 bits per heavy atom. The number of hydrogen-bond donors (Lipinski definition) is 4. The first-order valence-corrected chi connectivity index (χ1v) is 12.9. The highest BCUT2D eigenvalue weighted by Crippen LogP contribution is 2.26. The Morgan fingerprint density at radius 3 is 1.95 bits per heavy atom. The number of nitrogens with one attached hydrogen (secondary N) is 2. The standard InChI is InChI=1S/C32H38N4O2/c1-22(33)14-21-30(37)35-29(20-15-25-10-6-4-7-11-25)32(38)36-31(24(3)34)23(2)26-16-18-28(19-17-26)27-12-8-5-9-13-27/h4-13,16-19,23,29,31H,1,3,14-15,20-21,33-34H2,2H3,(H,35,37)(H,36,38)/t23?,29-,31+/m1/s1. The fraction of sp³-hybridized carbons (Fsp3) is 0.250. The summed E-state index contributed by atoms with van der Waals surface area (Å²) in [6, 6.07) is 27.0. The van der Waals surface area contributed by atoms with Gasteiger partial charge in [-0.1, -0.05) is 105 Å². The number of benzene rings is 3. The molecule has 0 fully saturated rings. The van der Waals surface area contributed by atoms with Gasteiger partial charge in [0.2, 0.25) is 11.8 Å². The van der Waals surface area contributed by atoms with Crippen molar-refractivity contribution >= 4 is 11.8 Å². The van der Waals surface area contributed by atoms with Crippen molar-refractivity contribution in [2.45, 2.75) is 50.6 Å². The molecule has 6 N–H and O–H groups in total. The Balaban J connectivity index is 1.73. The van der Waals surface area contributed by atoms with Gasteiger partial charge in [-0.2, -0.15) is 0 Å². The van der Waals surface area contributed by atoms with Crippen molar-refractivity contribution < 1.29 is 9.59 Å². The molecule has 0 aliphatic heterocycles. The number of hydrogen-bond acceptors (Lipinski definition) is 4. The van der Waals surface area contributed by atoms with Crippen molar-refractivity contribution in [2.24, 2.45) is 11.5 Å². The second kappa shape index (κ2) is 13.8. The SMILES string of the molecule is C=C(N)CCC(=O)N[C@H](CCc1ccccc1)C(=O)N[C@H](C(=C)N)C(C)c1ccc(-c2ccccc2)cc1. The lowest BCUT2D eigenvalue weighted by atomic mass is 9.90. The Morgan fingerprint density at radius 1 is 0.789 bits per heavy atom. The zero-order chi connectivity index (χ0) is 27.5. The van der Waals surface area contributed by atoms with E-state index in [1.54, 1.807) is 0 Å². The molecule has 3 aromatic rings. The molecule has 0 heterocycles. The quantitative estimate of drug-likeness (QED) is 0.265. The van der Waals surface area contributed by atoms with E-state index in [1.165, 1.54) is 0 Å². The van der Waals surface area contributed by atoms with Crippen molar-refractivity contribution in [3.8, 4) is 11.1 Å². The average molecular weight is 511 g/mol. The largest absolute Gasteiger partial charge is 0.403 e. The van der Waals surface area contributed by atoms with Crippen molar-refractivity contribution in [2.75, 3.05) is 0 Å². The van der Waals surface area contributed by atoms with Crippen LogP contribution in [0.4, 0.5) is 0 Å². The van der Waals surface area contributed by atoms with E-state index in [4.69, 9.17) is 11.5 Å². The van der Waals surface area contributed by atoms with E-state index in [-0.39, 0.29) is 24.2 Å². The van der Waals surface area contributed by atoms with E-state index in [0.717, 1.165) is 22.3 Å². The summed E-state index contributed by atoms with van der Waals surface area (Å²) >= 11 is 0. The van der Waals surface area contributed by atoms with Crippen molar-refractivity contribution in [1.29, 1.82) is 0 Å². The summed E-state index contributed by atoms with van der Waals surface area (Å²) in [5, 5.41) is 5.92. The summed E-state index contributed by atoms with van der Waals surface area (Å²) in [6.45, 7) is 9.58. The number of carbonyl (C=O) groups excluding carboxylic acids is 2. The van der Waals surface area contributed by atoms with Gasteiger partial charge in [-0.3, -0.25) is 9.59 Å². The van der Waals surface area contributed by atoms with Crippen molar-refractivity contribution in [3.05, 3.63) is 121 Å². The number of amides is 2. The molecular formula is C32H38N4O2. The van der Waals surface area contributed by atoms with Crippen LogP contribution in [-0.4, -0.2) is 23.9 Å². The zero-order valence-corrected chi connectivity index (χ0v) is 22.0. The van der Waals surface area contributed by atoms with Gasteiger partial charge in [0.15, 0.2) is 0 Å². The highest BCUT2D eigenvalue weighted by Gasteiger charge is 2.27. The summed E-state index contributed by atoms with van der Waals surface area (Å²) in [4.78, 5) is 26.0. The third kappa shape index (κ3) is 8.37. The van der Waals surface area contributed by atoms with Crippen LogP contribution in [0.1, 0.15) is 43.2 Å². The lowest BCUT2D eigenvalue weighted by Crippen LogP contribution is -2.52. The third-order valence-electron chi connectivity index (χ3n) is 6.63. The van der Waals surface area contributed by atoms with Gasteiger partial charge < -0.3 is 22.1 Å². The van der Waals surface area contributed by atoms with Gasteiger partial charge >= 0.3 is 0 Å². The Bertz CT molecular complexity index is 1220. The van der Waals surface area contributed by atoms with E-state index in [9.17, 15) is 9.59 Å². The zero-order valence-electron chi connectivity index (χ0n) is 22.0. The maximum absolute atomic E-state index is 13.5. The molecule has 198 valence electrons. The summed E-state index contributed by atoms with van der Waals surface area (Å²) in [6.07, 6.45) is 1.60. The van der Waals surface area contributed by atoms with Crippen LogP contribution < -0.4 is 22.1 Å². The first kappa shape index (κ1) is 28.3. The lowest BCUT2D eigenvalue weighted by molar-refractivity contribution is -0.129. The first-order valence-electron chi connectivity index (χ1n) is 12.9. The fourth-order valence-electron chi connectivity index (χ4n) is 4.36. The average Bonchev–Trinajstić information content (AvgIpc) is 2.93. The molecule has 6 nitrogen and oxygen atoms in total. The van der Waals surface area contributed by atoms with Gasteiger partial charge in [-0.05, 0) is 41.5 Å². The molecule has 0 aromatic heterocycles. The number of allylic oxidation sites excluding steroid dienone is 1. The molecule has 3 rings (SSSR count). The fourth-order valence-corrected chi connectivity index (χ4v) is 4.36. The number of carbonyl (C=O) groups is 2. The topological polar surface area (TPSA) is 110 Å². The number of aryl methyl sites for hydroxylation is 1. The maximum Gasteiger partial charge on any atom is 0.243 e. The van der Waals surface area contributed by atoms with Gasteiger partial charge in [0.25, 0.3) is 0 Å². The van der Waals surface area contributed by atoms with E-state index < -0.39 is 12.1 Å². The van der Waals surface area contributed by atoms with Gasteiger partial charge in [-0.25, -0.2) is 0 Å². The first-order chi connectivity index (χ1) is 18.2. The minimum absolute atomic E-state index is 0.132. The van der Waals surface area contributed by atoms with E-state index >= 15 is 0 Å². The molecule has 38 heavy (non-hydrogen) atoms. The second-order valence-electron chi connectivity index (χ2n) is 9.64. The lowest BCUT2D eigenvalue weighted by Gasteiger charge is -2.28. The smallest absolute Gasteiger partial charge is 0.243 e. The minimum atomic E-state index is -0.733. The normalized spacial score (nSPS) is 13.1. The molecule has 3 atom stereocenters. The third-order valence-corrected chi connectivity index (χ3v) is 6.63. The van der Waals surface area contributed by atoms with Crippen molar-refractivity contribution in [1.82, 2.24) is 10.6 Å². The predicted octanol–water partition coefficient (Wildman–Crippen LogP) is 4.78. The van der Waals surface area contributed by atoms with E-state index in [2.05, 4.69) is 48.1 Å². The van der Waals surface area contributed by atoms with E-state index in [0.29, 0.717) is 30.7 Å². The molecule has 6 heteroatoms. The van der Waals surface area contributed by atoms with Crippen LogP contribution in [0.25, 0.3) is 11.1 Å². The van der Waals surface area contributed by atoms with Gasteiger partial charge in [0.1, 0.15) is 6.04 Å². The van der Waals surface area contributed by atoms with Crippen LogP contribution in [0.3, 0.4) is 0 Å². The number of rotatable bonds is 13. The van der Waals surface area contributed by atoms with Crippen LogP contribution in [0.5, 0.6) is 0 Å². The molecule has 0 saturated carbocycles. The highest BCUT2D eigenvalue weighted by atomic mass is 16.2.